The largest absolute Gasteiger partial charge is 0.284 e. The highest BCUT2D eigenvalue weighted by Crippen LogP contribution is 2.30. The van der Waals surface area contributed by atoms with E-state index in [9.17, 15) is 17.2 Å². The molecule has 2 aromatic heterocycles. The summed E-state index contributed by atoms with van der Waals surface area (Å²) in [5.41, 5.74) is -0.644. The van der Waals surface area contributed by atoms with Gasteiger partial charge in [0, 0.05) is 4.88 Å². The van der Waals surface area contributed by atoms with Crippen molar-refractivity contribution in [2.24, 2.45) is 0 Å². The van der Waals surface area contributed by atoms with Gasteiger partial charge in [-0.05, 0) is 20.8 Å². The number of nitrogens with one attached hydrogen (secondary N) is 2. The first-order valence-electron chi connectivity index (χ1n) is 5.52. The quantitative estimate of drug-likeness (QED) is 0.905. The van der Waals surface area contributed by atoms with Crippen molar-refractivity contribution in [1.82, 2.24) is 15.2 Å². The Morgan fingerprint density at radius 1 is 1.30 bits per heavy atom. The number of nitrogens with zero attached hydrogens (tertiary/aromatic N) is 2. The molecule has 10 heteroatoms. The third-order valence-electron chi connectivity index (χ3n) is 2.53. The molecule has 0 aromatic carbocycles. The van der Waals surface area contributed by atoms with E-state index in [2.05, 4.69) is 19.9 Å². The Kier molecular flexibility index (Phi) is 3.78. The van der Waals surface area contributed by atoms with Crippen LogP contribution in [0.2, 0.25) is 0 Å². The van der Waals surface area contributed by atoms with Crippen molar-refractivity contribution in [3.8, 4) is 0 Å². The highest BCUT2D eigenvalue weighted by molar-refractivity contribution is 7.92. The lowest BCUT2D eigenvalue weighted by Gasteiger charge is -2.07. The van der Waals surface area contributed by atoms with Crippen molar-refractivity contribution in [3.63, 3.8) is 0 Å². The molecular weight excluding hydrogens is 310 g/mol. The molecule has 0 atom stereocenters. The number of aryl methyl sites for hydroxylation is 3. The third kappa shape index (κ3) is 2.66. The number of halogens is 2. The number of H-pyrrole nitrogens is 1. The van der Waals surface area contributed by atoms with Crippen LogP contribution in [0.1, 0.15) is 27.7 Å². The second kappa shape index (κ2) is 5.09. The highest BCUT2D eigenvalue weighted by atomic mass is 32.2. The normalized spacial score (nSPS) is 12.1. The number of aromatic nitrogens is 3. The zero-order chi connectivity index (χ0) is 15.1. The van der Waals surface area contributed by atoms with E-state index in [0.29, 0.717) is 9.88 Å². The predicted octanol–water partition coefficient (Wildman–Crippen LogP) is 2.53. The zero-order valence-electron chi connectivity index (χ0n) is 10.9. The van der Waals surface area contributed by atoms with E-state index in [1.54, 1.807) is 13.8 Å². The molecule has 20 heavy (non-hydrogen) atoms. The number of anilines is 1. The molecule has 0 spiro atoms. The van der Waals surface area contributed by atoms with Gasteiger partial charge < -0.3 is 0 Å². The fraction of sp³-hybridized carbons (Fsp3) is 0.400. The summed E-state index contributed by atoms with van der Waals surface area (Å²) >= 11 is 1.22. The van der Waals surface area contributed by atoms with Crippen LogP contribution < -0.4 is 4.72 Å². The van der Waals surface area contributed by atoms with Crippen LogP contribution in [0, 0.1) is 20.8 Å². The molecule has 0 unspecified atom stereocenters. The molecule has 0 aliphatic rings. The summed E-state index contributed by atoms with van der Waals surface area (Å²) in [6.07, 6.45) is -2.88. The van der Waals surface area contributed by atoms with Gasteiger partial charge in [0.25, 0.3) is 16.4 Å². The van der Waals surface area contributed by atoms with E-state index in [0.717, 1.165) is 0 Å². The molecule has 0 fully saturated rings. The number of aromatic amines is 1. The lowest BCUT2D eigenvalue weighted by molar-refractivity contribution is 0.147. The number of thiazole rings is 1. The molecule has 0 amide bonds. The molecule has 0 aliphatic heterocycles. The van der Waals surface area contributed by atoms with E-state index in [4.69, 9.17) is 0 Å². The topological polar surface area (TPSA) is 87.7 Å². The van der Waals surface area contributed by atoms with Gasteiger partial charge in [-0.3, -0.25) is 9.82 Å². The fourth-order valence-electron chi connectivity index (χ4n) is 1.68. The standard InChI is InChI=1S/C10H12F2N4O2S2/c1-4-7(8(9(11)12)15-14-4)16-20(17,18)10-5(2)19-6(3)13-10/h9,16H,1-3H3,(H,14,15). The molecule has 0 aliphatic carbocycles. The van der Waals surface area contributed by atoms with Crippen molar-refractivity contribution in [3.05, 3.63) is 21.3 Å². The fourth-order valence-corrected chi connectivity index (χ4v) is 4.16. The lowest BCUT2D eigenvalue weighted by Crippen LogP contribution is -2.16. The van der Waals surface area contributed by atoms with Gasteiger partial charge in [0.05, 0.1) is 16.4 Å². The van der Waals surface area contributed by atoms with Crippen molar-refractivity contribution < 1.29 is 17.2 Å². The van der Waals surface area contributed by atoms with Gasteiger partial charge in [-0.2, -0.15) is 13.5 Å². The average Bonchev–Trinajstić information content (AvgIpc) is 2.83. The second-order valence-electron chi connectivity index (χ2n) is 4.11. The Bertz CT molecular complexity index is 737. The maximum absolute atomic E-state index is 12.8. The van der Waals surface area contributed by atoms with Crippen LogP contribution in [-0.4, -0.2) is 23.6 Å². The first-order valence-corrected chi connectivity index (χ1v) is 7.82. The Hall–Kier alpha value is -1.55. The molecule has 0 saturated heterocycles. The summed E-state index contributed by atoms with van der Waals surface area (Å²) in [4.78, 5) is 4.41. The minimum absolute atomic E-state index is 0.152. The third-order valence-corrected chi connectivity index (χ3v) is 4.93. The van der Waals surface area contributed by atoms with E-state index in [1.165, 1.54) is 18.3 Å². The van der Waals surface area contributed by atoms with E-state index >= 15 is 0 Å². The number of rotatable bonds is 4. The molecule has 0 bridgehead atoms. The van der Waals surface area contributed by atoms with Gasteiger partial charge >= 0.3 is 0 Å². The molecule has 6 nitrogen and oxygen atoms in total. The Morgan fingerprint density at radius 2 is 1.95 bits per heavy atom. The van der Waals surface area contributed by atoms with Crippen LogP contribution in [0.5, 0.6) is 0 Å². The minimum Gasteiger partial charge on any atom is -0.280 e. The zero-order valence-corrected chi connectivity index (χ0v) is 12.5. The summed E-state index contributed by atoms with van der Waals surface area (Å²) in [7, 11) is -4.02. The SMILES string of the molecule is Cc1nc(S(=O)(=O)Nc2c(C(F)F)n[nH]c2C)c(C)s1. The summed E-state index contributed by atoms with van der Waals surface area (Å²) in [6, 6.07) is 0. The van der Waals surface area contributed by atoms with Crippen LogP contribution in [0.4, 0.5) is 14.5 Å². The first kappa shape index (κ1) is 14.9. The van der Waals surface area contributed by atoms with E-state index in [1.807, 2.05) is 0 Å². The predicted molar refractivity (Wildman–Crippen MR) is 70.7 cm³/mol. The highest BCUT2D eigenvalue weighted by Gasteiger charge is 2.27. The van der Waals surface area contributed by atoms with Crippen LogP contribution in [0.25, 0.3) is 0 Å². The smallest absolute Gasteiger partial charge is 0.280 e. The van der Waals surface area contributed by atoms with E-state index in [-0.39, 0.29) is 16.4 Å². The first-order chi connectivity index (χ1) is 9.22. The molecular formula is C10H12F2N4O2S2. The summed E-state index contributed by atoms with van der Waals surface area (Å²) in [6.45, 7) is 4.73. The molecule has 2 aromatic rings. The molecule has 2 N–H and O–H groups in total. The molecule has 2 heterocycles. The van der Waals surface area contributed by atoms with Gasteiger partial charge in [-0.15, -0.1) is 11.3 Å². The van der Waals surface area contributed by atoms with Gasteiger partial charge in [-0.25, -0.2) is 13.8 Å². The van der Waals surface area contributed by atoms with Gasteiger partial charge in [0.15, 0.2) is 10.7 Å². The number of hydrogen-bond donors (Lipinski definition) is 2. The van der Waals surface area contributed by atoms with Gasteiger partial charge in [0.2, 0.25) is 0 Å². The molecule has 0 radical (unpaired) electrons. The summed E-state index contributed by atoms with van der Waals surface area (Å²) in [5, 5.41) is 6.17. The van der Waals surface area contributed by atoms with Crippen molar-refractivity contribution in [2.75, 3.05) is 4.72 Å². The molecule has 2 rings (SSSR count). The Morgan fingerprint density at radius 3 is 2.45 bits per heavy atom. The van der Waals surface area contributed by atoms with Crippen LogP contribution in [0.3, 0.4) is 0 Å². The van der Waals surface area contributed by atoms with Crippen molar-refractivity contribution in [1.29, 1.82) is 0 Å². The number of sulfonamides is 1. The maximum Gasteiger partial charge on any atom is 0.284 e. The number of alkyl halides is 2. The maximum atomic E-state index is 12.8. The van der Waals surface area contributed by atoms with Crippen molar-refractivity contribution in [2.45, 2.75) is 32.2 Å². The lowest BCUT2D eigenvalue weighted by atomic mass is 10.3. The van der Waals surface area contributed by atoms with Crippen LogP contribution >= 0.6 is 11.3 Å². The Balaban J connectivity index is 2.44. The van der Waals surface area contributed by atoms with Gasteiger partial charge in [-0.1, -0.05) is 0 Å². The molecule has 110 valence electrons. The molecule has 0 saturated carbocycles. The number of hydrogen-bond acceptors (Lipinski definition) is 5. The average molecular weight is 322 g/mol. The van der Waals surface area contributed by atoms with Gasteiger partial charge in [0.1, 0.15) is 0 Å². The van der Waals surface area contributed by atoms with Crippen LogP contribution in [-0.2, 0) is 10.0 Å². The summed E-state index contributed by atoms with van der Waals surface area (Å²) < 4.78 is 52.1. The van der Waals surface area contributed by atoms with Crippen LogP contribution in [0.15, 0.2) is 5.03 Å². The monoisotopic (exact) mass is 322 g/mol. The van der Waals surface area contributed by atoms with E-state index < -0.39 is 22.1 Å². The second-order valence-corrected chi connectivity index (χ2v) is 7.11. The van der Waals surface area contributed by atoms with Crippen molar-refractivity contribution >= 4 is 27.0 Å². The summed E-state index contributed by atoms with van der Waals surface area (Å²) in [5.74, 6) is 0. The minimum atomic E-state index is -4.02. The Labute approximate surface area is 118 Å².